The van der Waals surface area contributed by atoms with Crippen molar-refractivity contribution in [3.63, 3.8) is 0 Å². The number of amides is 1. The van der Waals surface area contributed by atoms with E-state index in [0.717, 1.165) is 10.4 Å². The normalized spacial score (nSPS) is 11.2. The van der Waals surface area contributed by atoms with Crippen molar-refractivity contribution in [1.82, 2.24) is 15.0 Å². The molecule has 0 saturated heterocycles. The Morgan fingerprint density at radius 2 is 1.82 bits per heavy atom. The molecule has 0 spiro atoms. The first-order valence-electron chi connectivity index (χ1n) is 10.2. The van der Waals surface area contributed by atoms with E-state index in [1.807, 2.05) is 17.5 Å². The lowest BCUT2D eigenvalue weighted by molar-refractivity contribution is 0.0950. The zero-order valence-electron chi connectivity index (χ0n) is 17.8. The van der Waals surface area contributed by atoms with Crippen molar-refractivity contribution >= 4 is 27.3 Å². The summed E-state index contributed by atoms with van der Waals surface area (Å²) in [5.74, 6) is -0.0656. The van der Waals surface area contributed by atoms with Crippen LogP contribution in [-0.2, 0) is 23.1 Å². The van der Waals surface area contributed by atoms with Gasteiger partial charge in [0.1, 0.15) is 11.6 Å². The molecule has 2 N–H and O–H groups in total. The van der Waals surface area contributed by atoms with E-state index < -0.39 is 15.9 Å². The first kappa shape index (κ1) is 23.6. The largest absolute Gasteiger partial charge is 0.439 e. The second-order valence-corrected chi connectivity index (χ2v) is 9.97. The second kappa shape index (κ2) is 10.6. The molecule has 0 atom stereocenters. The number of hydrogen-bond acceptors (Lipinski definition) is 6. The average molecular weight is 498 g/mol. The molecule has 0 aliphatic carbocycles. The summed E-state index contributed by atoms with van der Waals surface area (Å²) in [7, 11) is -3.77. The van der Waals surface area contributed by atoms with E-state index in [1.54, 1.807) is 18.2 Å². The van der Waals surface area contributed by atoms with Crippen LogP contribution in [0, 0.1) is 5.82 Å². The van der Waals surface area contributed by atoms with Gasteiger partial charge in [-0.3, -0.25) is 4.79 Å². The molecule has 2 aromatic heterocycles. The number of sulfonamides is 1. The Morgan fingerprint density at radius 3 is 2.59 bits per heavy atom. The number of rotatable bonds is 9. The van der Waals surface area contributed by atoms with Crippen LogP contribution in [0.4, 0.5) is 4.39 Å². The standard InChI is InChI=1S/C24H20FN3O4S2/c25-19-6-8-20(9-7-19)32-23-13-17(10-11-26-23)15-27-24(29)18-3-1-5-22(14-18)34(30,31)28-16-21-4-2-12-33-21/h1-14,28H,15-16H2,(H,27,29). The zero-order valence-corrected chi connectivity index (χ0v) is 19.4. The molecule has 174 valence electrons. The van der Waals surface area contributed by atoms with Crippen LogP contribution in [0.25, 0.3) is 0 Å². The van der Waals surface area contributed by atoms with Crippen molar-refractivity contribution in [2.75, 3.05) is 0 Å². The molecule has 0 fully saturated rings. The van der Waals surface area contributed by atoms with Gasteiger partial charge in [0, 0.05) is 35.8 Å². The van der Waals surface area contributed by atoms with Crippen molar-refractivity contribution in [2.24, 2.45) is 0 Å². The van der Waals surface area contributed by atoms with Gasteiger partial charge >= 0.3 is 0 Å². The van der Waals surface area contributed by atoms with Crippen molar-refractivity contribution in [3.05, 3.63) is 106 Å². The van der Waals surface area contributed by atoms with Gasteiger partial charge in [-0.15, -0.1) is 11.3 Å². The van der Waals surface area contributed by atoms with Gasteiger partial charge in [-0.1, -0.05) is 12.1 Å². The fourth-order valence-corrected chi connectivity index (χ4v) is 4.78. The lowest BCUT2D eigenvalue weighted by atomic mass is 10.2. The van der Waals surface area contributed by atoms with Crippen LogP contribution < -0.4 is 14.8 Å². The van der Waals surface area contributed by atoms with Crippen molar-refractivity contribution in [2.45, 2.75) is 18.0 Å². The van der Waals surface area contributed by atoms with Crippen molar-refractivity contribution < 1.29 is 22.3 Å². The first-order valence-corrected chi connectivity index (χ1v) is 12.5. The van der Waals surface area contributed by atoms with Crippen LogP contribution in [0.5, 0.6) is 11.6 Å². The highest BCUT2D eigenvalue weighted by Gasteiger charge is 2.16. The molecule has 2 heterocycles. The van der Waals surface area contributed by atoms with E-state index in [2.05, 4.69) is 15.0 Å². The summed E-state index contributed by atoms with van der Waals surface area (Å²) in [6.45, 7) is 0.357. The zero-order chi connectivity index (χ0) is 24.0. The Morgan fingerprint density at radius 1 is 1.00 bits per heavy atom. The number of halogens is 1. The molecule has 1 amide bonds. The van der Waals surface area contributed by atoms with Crippen LogP contribution >= 0.6 is 11.3 Å². The number of nitrogens with one attached hydrogen (secondary N) is 2. The minimum atomic E-state index is -3.77. The lowest BCUT2D eigenvalue weighted by Crippen LogP contribution is -2.25. The summed E-state index contributed by atoms with van der Waals surface area (Å²) < 4.78 is 46.4. The number of hydrogen-bond donors (Lipinski definition) is 2. The predicted molar refractivity (Wildman–Crippen MR) is 127 cm³/mol. The minimum absolute atomic E-state index is 0.00982. The number of carbonyl (C=O) groups excluding carboxylic acids is 1. The third-order valence-corrected chi connectivity index (χ3v) is 6.99. The van der Waals surface area contributed by atoms with Gasteiger partial charge in [-0.2, -0.15) is 0 Å². The molecule has 0 aliphatic rings. The number of ether oxygens (including phenoxy) is 1. The quantitative estimate of drug-likeness (QED) is 0.355. The molecular weight excluding hydrogens is 477 g/mol. The van der Waals surface area contributed by atoms with Crippen LogP contribution in [0.1, 0.15) is 20.8 Å². The molecule has 0 bridgehead atoms. The maximum Gasteiger partial charge on any atom is 0.251 e. The maximum absolute atomic E-state index is 13.0. The van der Waals surface area contributed by atoms with E-state index in [9.17, 15) is 17.6 Å². The van der Waals surface area contributed by atoms with E-state index in [4.69, 9.17) is 4.74 Å². The molecule has 2 aromatic carbocycles. The maximum atomic E-state index is 13.0. The van der Waals surface area contributed by atoms with Crippen LogP contribution in [-0.4, -0.2) is 19.3 Å². The molecular formula is C24H20FN3O4S2. The second-order valence-electron chi connectivity index (χ2n) is 7.17. The predicted octanol–water partition coefficient (Wildman–Crippen LogP) is 4.48. The third-order valence-electron chi connectivity index (χ3n) is 4.71. The topological polar surface area (TPSA) is 97.4 Å². The van der Waals surface area contributed by atoms with E-state index in [1.165, 1.54) is 60.0 Å². The monoisotopic (exact) mass is 497 g/mol. The number of thiophene rings is 1. The highest BCUT2D eigenvalue weighted by atomic mass is 32.2. The average Bonchev–Trinajstić information content (AvgIpc) is 3.37. The fourth-order valence-electron chi connectivity index (χ4n) is 2.99. The number of benzene rings is 2. The third kappa shape index (κ3) is 6.25. The Kier molecular flexibility index (Phi) is 7.31. The molecule has 10 heteroatoms. The SMILES string of the molecule is O=C(NCc1ccnc(Oc2ccc(F)cc2)c1)c1cccc(S(=O)(=O)NCc2cccs2)c1. The van der Waals surface area contributed by atoms with Gasteiger partial charge < -0.3 is 10.1 Å². The molecule has 0 aliphatic heterocycles. The van der Waals surface area contributed by atoms with Crippen LogP contribution in [0.15, 0.2) is 89.3 Å². The smallest absolute Gasteiger partial charge is 0.251 e. The molecule has 0 saturated carbocycles. The Labute approximate surface area is 200 Å². The molecule has 0 unspecified atom stereocenters. The number of pyridine rings is 1. The summed E-state index contributed by atoms with van der Waals surface area (Å²) in [6.07, 6.45) is 1.53. The van der Waals surface area contributed by atoms with Crippen LogP contribution in [0.2, 0.25) is 0 Å². The summed E-state index contributed by atoms with van der Waals surface area (Å²) >= 11 is 1.45. The fraction of sp³-hybridized carbons (Fsp3) is 0.0833. The van der Waals surface area contributed by atoms with Gasteiger partial charge in [0.2, 0.25) is 15.9 Å². The number of nitrogens with zero attached hydrogens (tertiary/aromatic N) is 1. The van der Waals surface area contributed by atoms with Crippen LogP contribution in [0.3, 0.4) is 0 Å². The summed E-state index contributed by atoms with van der Waals surface area (Å²) in [6, 6.07) is 18.4. The highest BCUT2D eigenvalue weighted by Crippen LogP contribution is 2.20. The molecule has 0 radical (unpaired) electrons. The Bertz CT molecular complexity index is 1380. The van der Waals surface area contributed by atoms with E-state index in [0.29, 0.717) is 11.6 Å². The summed E-state index contributed by atoms with van der Waals surface area (Å²) in [5, 5.41) is 4.63. The van der Waals surface area contributed by atoms with E-state index in [-0.39, 0.29) is 29.4 Å². The Balaban J connectivity index is 1.38. The number of aromatic nitrogens is 1. The van der Waals surface area contributed by atoms with Crippen molar-refractivity contribution in [3.8, 4) is 11.6 Å². The van der Waals surface area contributed by atoms with Crippen molar-refractivity contribution in [1.29, 1.82) is 0 Å². The van der Waals surface area contributed by atoms with E-state index >= 15 is 0 Å². The minimum Gasteiger partial charge on any atom is -0.439 e. The first-order chi connectivity index (χ1) is 16.4. The Hall–Kier alpha value is -3.60. The van der Waals surface area contributed by atoms with Gasteiger partial charge in [0.15, 0.2) is 0 Å². The molecule has 4 rings (SSSR count). The lowest BCUT2D eigenvalue weighted by Gasteiger charge is -2.10. The molecule has 4 aromatic rings. The highest BCUT2D eigenvalue weighted by molar-refractivity contribution is 7.89. The van der Waals surface area contributed by atoms with Gasteiger partial charge in [-0.05, 0) is 65.5 Å². The van der Waals surface area contributed by atoms with Gasteiger partial charge in [-0.25, -0.2) is 22.5 Å². The molecule has 34 heavy (non-hydrogen) atoms. The number of carbonyl (C=O) groups is 1. The summed E-state index contributed by atoms with van der Waals surface area (Å²) in [5.41, 5.74) is 0.942. The van der Waals surface area contributed by atoms with Gasteiger partial charge in [0.25, 0.3) is 5.91 Å². The molecule has 7 nitrogen and oxygen atoms in total. The van der Waals surface area contributed by atoms with Gasteiger partial charge in [0.05, 0.1) is 4.90 Å². The summed E-state index contributed by atoms with van der Waals surface area (Å²) in [4.78, 5) is 17.7.